The van der Waals surface area contributed by atoms with Crippen molar-refractivity contribution in [2.24, 2.45) is 0 Å². The Kier molecular flexibility index (Phi) is 4.77. The lowest BCUT2D eigenvalue weighted by atomic mass is 10.1. The first kappa shape index (κ1) is 14.8. The molecule has 0 unspecified atom stereocenters. The van der Waals surface area contributed by atoms with Gasteiger partial charge in [0.25, 0.3) is 5.69 Å². The summed E-state index contributed by atoms with van der Waals surface area (Å²) < 4.78 is 5.31. The van der Waals surface area contributed by atoms with Crippen LogP contribution in [-0.4, -0.2) is 18.6 Å². The third-order valence-electron chi connectivity index (χ3n) is 3.33. The van der Waals surface area contributed by atoms with Gasteiger partial charge in [0.15, 0.2) is 0 Å². The molecule has 0 spiro atoms. The van der Waals surface area contributed by atoms with E-state index >= 15 is 0 Å². The first-order valence-corrected chi connectivity index (χ1v) is 6.72. The van der Waals surface area contributed by atoms with Crippen molar-refractivity contribution >= 4 is 11.4 Å². The number of hydrogen-bond donors (Lipinski definition) is 1. The minimum Gasteiger partial charge on any atom is -0.496 e. The first-order chi connectivity index (χ1) is 10.1. The summed E-state index contributed by atoms with van der Waals surface area (Å²) in [6, 6.07) is 12.7. The highest BCUT2D eigenvalue weighted by molar-refractivity contribution is 5.56. The third-order valence-corrected chi connectivity index (χ3v) is 3.33. The van der Waals surface area contributed by atoms with E-state index in [1.54, 1.807) is 19.2 Å². The van der Waals surface area contributed by atoms with Gasteiger partial charge in [-0.3, -0.25) is 10.1 Å². The Hall–Kier alpha value is -2.56. The molecule has 2 aromatic carbocycles. The monoisotopic (exact) mass is 286 g/mol. The van der Waals surface area contributed by atoms with Gasteiger partial charge in [0.1, 0.15) is 5.75 Å². The average molecular weight is 286 g/mol. The van der Waals surface area contributed by atoms with E-state index in [9.17, 15) is 10.1 Å². The Balaban J connectivity index is 2.03. The molecule has 2 aromatic rings. The van der Waals surface area contributed by atoms with Gasteiger partial charge in [-0.1, -0.05) is 24.3 Å². The van der Waals surface area contributed by atoms with Gasteiger partial charge in [-0.2, -0.15) is 0 Å². The number of methoxy groups -OCH3 is 1. The Labute approximate surface area is 123 Å². The van der Waals surface area contributed by atoms with Crippen LogP contribution in [0.1, 0.15) is 11.1 Å². The van der Waals surface area contributed by atoms with E-state index in [1.165, 1.54) is 6.07 Å². The van der Waals surface area contributed by atoms with E-state index in [2.05, 4.69) is 5.32 Å². The molecule has 0 atom stereocenters. The number of benzene rings is 2. The number of ether oxygens (including phenoxy) is 1. The highest BCUT2D eigenvalue weighted by Crippen LogP contribution is 2.22. The molecule has 0 saturated carbocycles. The van der Waals surface area contributed by atoms with E-state index < -0.39 is 0 Å². The summed E-state index contributed by atoms with van der Waals surface area (Å²) in [5.41, 5.74) is 2.98. The quantitative estimate of drug-likeness (QED) is 0.651. The number of non-ortho nitro benzene ring substituents is 1. The fourth-order valence-electron chi connectivity index (χ4n) is 2.16. The third kappa shape index (κ3) is 3.72. The van der Waals surface area contributed by atoms with Crippen molar-refractivity contribution < 1.29 is 9.66 Å². The number of hydrogen-bond acceptors (Lipinski definition) is 4. The molecule has 2 rings (SSSR count). The highest BCUT2D eigenvalue weighted by atomic mass is 16.6. The van der Waals surface area contributed by atoms with Crippen LogP contribution in [0, 0.1) is 17.0 Å². The van der Waals surface area contributed by atoms with Gasteiger partial charge in [-0.25, -0.2) is 0 Å². The summed E-state index contributed by atoms with van der Waals surface area (Å²) in [4.78, 5) is 10.4. The summed E-state index contributed by atoms with van der Waals surface area (Å²) in [6.45, 7) is 2.61. The number of aryl methyl sites for hydroxylation is 1. The zero-order valence-electron chi connectivity index (χ0n) is 12.1. The molecule has 0 aliphatic carbocycles. The number of nitro benzene ring substituents is 1. The Morgan fingerprint density at radius 1 is 1.24 bits per heavy atom. The molecule has 0 heterocycles. The Bertz CT molecular complexity index is 641. The predicted molar refractivity (Wildman–Crippen MR) is 83.0 cm³/mol. The predicted octanol–water partition coefficient (Wildman–Crippen LogP) is 3.57. The standard InChI is InChI=1S/C16H18N2O3/c1-12-7-8-14(18(19)20)11-15(12)17-10-9-13-5-3-4-6-16(13)21-2/h3-8,11,17H,9-10H2,1-2H3. The van der Waals surface area contributed by atoms with Crippen LogP contribution < -0.4 is 10.1 Å². The lowest BCUT2D eigenvalue weighted by molar-refractivity contribution is -0.384. The van der Waals surface area contributed by atoms with E-state index in [-0.39, 0.29) is 10.6 Å². The maximum Gasteiger partial charge on any atom is 0.271 e. The fraction of sp³-hybridized carbons (Fsp3) is 0.250. The SMILES string of the molecule is COc1ccccc1CCNc1cc([N+](=O)[O-])ccc1C. The van der Waals surface area contributed by atoms with Gasteiger partial charge >= 0.3 is 0 Å². The zero-order chi connectivity index (χ0) is 15.2. The van der Waals surface area contributed by atoms with Crippen LogP contribution in [0.2, 0.25) is 0 Å². The second-order valence-corrected chi connectivity index (χ2v) is 4.74. The van der Waals surface area contributed by atoms with Crippen LogP contribution in [-0.2, 0) is 6.42 Å². The molecule has 0 radical (unpaired) electrons. The molecule has 0 saturated heterocycles. The molecule has 0 amide bonds. The number of rotatable bonds is 6. The molecule has 21 heavy (non-hydrogen) atoms. The first-order valence-electron chi connectivity index (χ1n) is 6.72. The number of para-hydroxylation sites is 1. The molecule has 0 aliphatic heterocycles. The molecule has 110 valence electrons. The summed E-state index contributed by atoms with van der Waals surface area (Å²) in [6.07, 6.45) is 0.784. The molecule has 0 aromatic heterocycles. The van der Waals surface area contributed by atoms with Gasteiger partial charge in [0.05, 0.1) is 12.0 Å². The molecule has 5 nitrogen and oxygen atoms in total. The summed E-state index contributed by atoms with van der Waals surface area (Å²) in [7, 11) is 1.65. The van der Waals surface area contributed by atoms with E-state index in [0.29, 0.717) is 6.54 Å². The van der Waals surface area contributed by atoms with Crippen molar-refractivity contribution in [2.75, 3.05) is 19.0 Å². The largest absolute Gasteiger partial charge is 0.496 e. The topological polar surface area (TPSA) is 64.4 Å². The molecule has 0 aliphatic rings. The van der Waals surface area contributed by atoms with Gasteiger partial charge < -0.3 is 10.1 Å². The summed E-state index contributed by atoms with van der Waals surface area (Å²) in [5.74, 6) is 0.857. The zero-order valence-corrected chi connectivity index (χ0v) is 12.1. The van der Waals surface area contributed by atoms with Crippen LogP contribution in [0.4, 0.5) is 11.4 Å². The minimum absolute atomic E-state index is 0.0976. The lowest BCUT2D eigenvalue weighted by Gasteiger charge is -2.11. The maximum atomic E-state index is 10.8. The molecule has 0 bridgehead atoms. The van der Waals surface area contributed by atoms with Gasteiger partial charge in [0.2, 0.25) is 0 Å². The van der Waals surface area contributed by atoms with E-state index in [0.717, 1.165) is 29.0 Å². The fourth-order valence-corrected chi connectivity index (χ4v) is 2.16. The van der Waals surface area contributed by atoms with E-state index in [4.69, 9.17) is 4.74 Å². The average Bonchev–Trinajstić information content (AvgIpc) is 2.49. The second-order valence-electron chi connectivity index (χ2n) is 4.74. The molecule has 5 heteroatoms. The molecule has 0 fully saturated rings. The van der Waals surface area contributed by atoms with Crippen molar-refractivity contribution in [3.8, 4) is 5.75 Å². The van der Waals surface area contributed by atoms with E-state index in [1.807, 2.05) is 31.2 Å². The van der Waals surface area contributed by atoms with Crippen LogP contribution in [0.15, 0.2) is 42.5 Å². The van der Waals surface area contributed by atoms with Crippen molar-refractivity contribution in [1.82, 2.24) is 0 Å². The van der Waals surface area contributed by atoms with Crippen LogP contribution in [0.5, 0.6) is 5.75 Å². The van der Waals surface area contributed by atoms with Gasteiger partial charge in [-0.15, -0.1) is 0 Å². The normalized spacial score (nSPS) is 10.2. The van der Waals surface area contributed by atoms with Crippen molar-refractivity contribution in [3.63, 3.8) is 0 Å². The van der Waals surface area contributed by atoms with Crippen LogP contribution in [0.25, 0.3) is 0 Å². The lowest BCUT2D eigenvalue weighted by Crippen LogP contribution is -2.07. The minimum atomic E-state index is -0.384. The Morgan fingerprint density at radius 2 is 2.00 bits per heavy atom. The number of nitrogens with zero attached hydrogens (tertiary/aromatic N) is 1. The maximum absolute atomic E-state index is 10.8. The van der Waals surface area contributed by atoms with Crippen LogP contribution >= 0.6 is 0 Å². The number of nitrogens with one attached hydrogen (secondary N) is 1. The van der Waals surface area contributed by atoms with Crippen molar-refractivity contribution in [1.29, 1.82) is 0 Å². The van der Waals surface area contributed by atoms with Crippen molar-refractivity contribution in [3.05, 3.63) is 63.7 Å². The summed E-state index contributed by atoms with van der Waals surface area (Å²) in [5, 5.41) is 14.1. The molecule has 1 N–H and O–H groups in total. The van der Waals surface area contributed by atoms with Crippen molar-refractivity contribution in [2.45, 2.75) is 13.3 Å². The van der Waals surface area contributed by atoms with Gasteiger partial charge in [0, 0.05) is 24.4 Å². The number of anilines is 1. The highest BCUT2D eigenvalue weighted by Gasteiger charge is 2.08. The smallest absolute Gasteiger partial charge is 0.271 e. The summed E-state index contributed by atoms with van der Waals surface area (Å²) >= 11 is 0. The van der Waals surface area contributed by atoms with Gasteiger partial charge in [-0.05, 0) is 30.5 Å². The molecular weight excluding hydrogens is 268 g/mol. The number of nitro groups is 1. The van der Waals surface area contributed by atoms with Crippen LogP contribution in [0.3, 0.4) is 0 Å². The molecular formula is C16H18N2O3. The Morgan fingerprint density at radius 3 is 2.71 bits per heavy atom. The second kappa shape index (κ2) is 6.74.